The van der Waals surface area contributed by atoms with Crippen molar-refractivity contribution >= 4 is 5.82 Å². The first kappa shape index (κ1) is 13.6. The van der Waals surface area contributed by atoms with Crippen LogP contribution in [-0.4, -0.2) is 21.3 Å². The van der Waals surface area contributed by atoms with Gasteiger partial charge in [-0.15, -0.1) is 0 Å². The lowest BCUT2D eigenvalue weighted by atomic mass is 10.2. The molecular weight excluding hydrogens is 236 g/mol. The number of pyridine rings is 1. The van der Waals surface area contributed by atoms with E-state index in [2.05, 4.69) is 46.9 Å². The van der Waals surface area contributed by atoms with Crippen molar-refractivity contribution < 1.29 is 0 Å². The van der Waals surface area contributed by atoms with Gasteiger partial charge in [-0.05, 0) is 38.0 Å². The van der Waals surface area contributed by atoms with Gasteiger partial charge in [-0.2, -0.15) is 5.10 Å². The minimum atomic E-state index is 0.738. The quantitative estimate of drug-likeness (QED) is 0.866. The topological polar surface area (TPSA) is 42.7 Å². The van der Waals surface area contributed by atoms with Gasteiger partial charge in [0.1, 0.15) is 5.82 Å². The average Bonchev–Trinajstić information content (AvgIpc) is 2.82. The summed E-state index contributed by atoms with van der Waals surface area (Å²) in [4.78, 5) is 4.60. The molecule has 2 heterocycles. The van der Waals surface area contributed by atoms with Gasteiger partial charge in [0, 0.05) is 12.2 Å². The number of nitrogens with zero attached hydrogens (tertiary/aromatic N) is 3. The summed E-state index contributed by atoms with van der Waals surface area (Å²) in [6, 6.07) is 8.27. The Morgan fingerprint density at radius 3 is 2.63 bits per heavy atom. The Labute approximate surface area is 114 Å². The van der Waals surface area contributed by atoms with E-state index in [9.17, 15) is 0 Å². The lowest BCUT2D eigenvalue weighted by molar-refractivity contribution is 0.630. The van der Waals surface area contributed by atoms with Crippen LogP contribution in [0.1, 0.15) is 37.9 Å². The number of nitrogens with one attached hydrogen (secondary N) is 1. The van der Waals surface area contributed by atoms with Crippen molar-refractivity contribution in [1.82, 2.24) is 14.8 Å². The molecule has 0 radical (unpaired) electrons. The van der Waals surface area contributed by atoms with Crippen LogP contribution in [-0.2, 0) is 19.4 Å². The van der Waals surface area contributed by atoms with Gasteiger partial charge < -0.3 is 5.32 Å². The van der Waals surface area contributed by atoms with Crippen molar-refractivity contribution in [2.45, 2.75) is 40.2 Å². The van der Waals surface area contributed by atoms with Crippen LogP contribution < -0.4 is 5.32 Å². The van der Waals surface area contributed by atoms with Crippen molar-refractivity contribution in [2.24, 2.45) is 0 Å². The maximum absolute atomic E-state index is 4.63. The summed E-state index contributed by atoms with van der Waals surface area (Å²) in [5.74, 6) is 0.931. The largest absolute Gasteiger partial charge is 0.370 e. The molecule has 0 aliphatic carbocycles. The van der Waals surface area contributed by atoms with Gasteiger partial charge in [-0.3, -0.25) is 4.68 Å². The van der Waals surface area contributed by atoms with Gasteiger partial charge in [0.15, 0.2) is 0 Å². The fraction of sp³-hybridized carbons (Fsp3) is 0.467. The van der Waals surface area contributed by atoms with Crippen LogP contribution in [0, 0.1) is 0 Å². The fourth-order valence-electron chi connectivity index (χ4n) is 2.11. The number of hydrogen-bond acceptors (Lipinski definition) is 3. The van der Waals surface area contributed by atoms with Crippen molar-refractivity contribution in [2.75, 3.05) is 11.9 Å². The summed E-state index contributed by atoms with van der Waals surface area (Å²) in [6.07, 6.45) is 1.98. The molecule has 2 aromatic rings. The Bertz CT molecular complexity index is 531. The van der Waals surface area contributed by atoms with E-state index in [4.69, 9.17) is 0 Å². The molecule has 0 amide bonds. The smallest absolute Gasteiger partial charge is 0.126 e. The zero-order valence-corrected chi connectivity index (χ0v) is 12.0. The third kappa shape index (κ3) is 3.34. The molecule has 0 aromatic carbocycles. The average molecular weight is 258 g/mol. The minimum Gasteiger partial charge on any atom is -0.370 e. The highest BCUT2D eigenvalue weighted by Gasteiger charge is 2.06. The number of hydrogen-bond donors (Lipinski definition) is 1. The standard InChI is InChI=1S/C15H22N4/c1-4-12-10-14(5-2)19(18-12)11-13-8-7-9-15(17-13)16-6-3/h7-10H,4-6,11H2,1-3H3,(H,16,17). The minimum absolute atomic E-state index is 0.738. The second-order valence-corrected chi connectivity index (χ2v) is 4.54. The van der Waals surface area contributed by atoms with Crippen LogP contribution in [0.25, 0.3) is 0 Å². The highest BCUT2D eigenvalue weighted by molar-refractivity contribution is 5.35. The van der Waals surface area contributed by atoms with Gasteiger partial charge in [0.2, 0.25) is 0 Å². The van der Waals surface area contributed by atoms with Crippen molar-refractivity contribution in [3.8, 4) is 0 Å². The number of anilines is 1. The predicted molar refractivity (Wildman–Crippen MR) is 78.5 cm³/mol. The molecule has 2 aromatic heterocycles. The molecule has 0 saturated carbocycles. The molecule has 19 heavy (non-hydrogen) atoms. The van der Waals surface area contributed by atoms with Crippen LogP contribution in [0.3, 0.4) is 0 Å². The van der Waals surface area contributed by atoms with Crippen LogP contribution in [0.4, 0.5) is 5.82 Å². The van der Waals surface area contributed by atoms with E-state index in [1.54, 1.807) is 0 Å². The van der Waals surface area contributed by atoms with Crippen molar-refractivity contribution in [3.63, 3.8) is 0 Å². The molecule has 0 atom stereocenters. The van der Waals surface area contributed by atoms with Gasteiger partial charge in [0.05, 0.1) is 17.9 Å². The normalized spacial score (nSPS) is 10.7. The predicted octanol–water partition coefficient (Wildman–Crippen LogP) is 2.88. The zero-order valence-electron chi connectivity index (χ0n) is 12.0. The molecule has 0 unspecified atom stereocenters. The van der Waals surface area contributed by atoms with E-state index < -0.39 is 0 Å². The molecule has 0 bridgehead atoms. The first-order chi connectivity index (χ1) is 9.26. The molecular formula is C15H22N4. The van der Waals surface area contributed by atoms with E-state index in [1.807, 2.05) is 18.2 Å². The van der Waals surface area contributed by atoms with E-state index in [0.29, 0.717) is 0 Å². The molecule has 0 spiro atoms. The molecule has 4 nitrogen and oxygen atoms in total. The molecule has 1 N–H and O–H groups in total. The summed E-state index contributed by atoms with van der Waals surface area (Å²) in [7, 11) is 0. The summed E-state index contributed by atoms with van der Waals surface area (Å²) in [5.41, 5.74) is 3.46. The number of rotatable bonds is 6. The SMILES string of the molecule is CCNc1cccc(Cn2nc(CC)cc2CC)n1. The van der Waals surface area contributed by atoms with Gasteiger partial charge in [-0.25, -0.2) is 4.98 Å². The van der Waals surface area contributed by atoms with Gasteiger partial charge >= 0.3 is 0 Å². The summed E-state index contributed by atoms with van der Waals surface area (Å²) in [5, 5.41) is 7.86. The second-order valence-electron chi connectivity index (χ2n) is 4.54. The highest BCUT2D eigenvalue weighted by Crippen LogP contribution is 2.10. The monoisotopic (exact) mass is 258 g/mol. The maximum atomic E-state index is 4.63. The van der Waals surface area contributed by atoms with E-state index in [-0.39, 0.29) is 0 Å². The third-order valence-electron chi connectivity index (χ3n) is 3.11. The van der Waals surface area contributed by atoms with Crippen molar-refractivity contribution in [3.05, 3.63) is 41.3 Å². The second kappa shape index (κ2) is 6.36. The molecule has 4 heteroatoms. The molecule has 0 fully saturated rings. The van der Waals surface area contributed by atoms with Crippen molar-refractivity contribution in [1.29, 1.82) is 0 Å². The van der Waals surface area contributed by atoms with Crippen LogP contribution in [0.15, 0.2) is 24.3 Å². The number of aryl methyl sites for hydroxylation is 2. The van der Waals surface area contributed by atoms with E-state index in [0.717, 1.165) is 43.1 Å². The van der Waals surface area contributed by atoms with Gasteiger partial charge in [-0.1, -0.05) is 19.9 Å². The van der Waals surface area contributed by atoms with Gasteiger partial charge in [0.25, 0.3) is 0 Å². The van der Waals surface area contributed by atoms with Crippen LogP contribution >= 0.6 is 0 Å². The number of aromatic nitrogens is 3. The van der Waals surface area contributed by atoms with Crippen LogP contribution in [0.5, 0.6) is 0 Å². The molecule has 0 aliphatic heterocycles. The lowest BCUT2D eigenvalue weighted by Crippen LogP contribution is -2.08. The lowest BCUT2D eigenvalue weighted by Gasteiger charge is -2.08. The Hall–Kier alpha value is -1.84. The van der Waals surface area contributed by atoms with Crippen LogP contribution in [0.2, 0.25) is 0 Å². The zero-order chi connectivity index (χ0) is 13.7. The fourth-order valence-corrected chi connectivity index (χ4v) is 2.11. The summed E-state index contributed by atoms with van der Waals surface area (Å²) < 4.78 is 2.07. The van der Waals surface area contributed by atoms with E-state index >= 15 is 0 Å². The first-order valence-electron chi connectivity index (χ1n) is 7.02. The molecule has 0 aliphatic rings. The van der Waals surface area contributed by atoms with E-state index in [1.165, 1.54) is 5.69 Å². The Kier molecular flexibility index (Phi) is 4.55. The first-order valence-corrected chi connectivity index (χ1v) is 7.02. The molecule has 0 saturated heterocycles. The summed E-state index contributed by atoms with van der Waals surface area (Å²) in [6.45, 7) is 8.00. The Balaban J connectivity index is 2.20. The highest BCUT2D eigenvalue weighted by atomic mass is 15.3. The molecule has 102 valence electrons. The Morgan fingerprint density at radius 2 is 1.95 bits per heavy atom. The maximum Gasteiger partial charge on any atom is 0.126 e. The molecule has 2 rings (SSSR count). The third-order valence-corrected chi connectivity index (χ3v) is 3.11. The Morgan fingerprint density at radius 1 is 1.11 bits per heavy atom. The summed E-state index contributed by atoms with van der Waals surface area (Å²) >= 11 is 0.